The molecule has 10 heteroatoms. The lowest BCUT2D eigenvalue weighted by Gasteiger charge is -2.03. The molecule has 224 valence electrons. The Morgan fingerprint density at radius 1 is 0.907 bits per heavy atom. The molecule has 0 radical (unpaired) electrons. The Morgan fingerprint density at radius 3 is 2.14 bits per heavy atom. The molecule has 5 N–H and O–H groups in total. The fourth-order valence-electron chi connectivity index (χ4n) is 5.57. The second kappa shape index (κ2) is 12.5. The molecule has 2 aromatic rings. The van der Waals surface area contributed by atoms with Crippen molar-refractivity contribution in [2.75, 3.05) is 0 Å². The van der Waals surface area contributed by atoms with Gasteiger partial charge in [-0.15, -0.1) is 0 Å². The minimum absolute atomic E-state index is 0.0802. The van der Waals surface area contributed by atoms with E-state index < -0.39 is 11.9 Å². The molecule has 1 saturated heterocycles. The third kappa shape index (κ3) is 6.28. The van der Waals surface area contributed by atoms with Crippen LogP contribution >= 0.6 is 0 Å². The standard InChI is InChI=1S/C33H36N4O6/c1-7-20-19(6)32(42)37-27(20)14-25-18(5)23(10-12-31(40)41)29(35-25)15-28-22(9-11-30(38)39)17(4)24(34-28)13-26-16(3)21(8-2)33(43)36-26/h7-8,13-15,19,34-35H,2,9-12H2,1,3-6H3,(H,37,42)(H,38,39)(H,40,41)/b20-7?,24-13?,27-14-,28-15-/t19-/m1/s1. The van der Waals surface area contributed by atoms with Crippen molar-refractivity contribution in [3.63, 3.8) is 0 Å². The van der Waals surface area contributed by atoms with Crippen molar-refractivity contribution >= 4 is 47.7 Å². The van der Waals surface area contributed by atoms with Gasteiger partial charge in [-0.3, -0.25) is 19.2 Å². The van der Waals surface area contributed by atoms with Crippen LogP contribution in [0.25, 0.3) is 18.2 Å². The summed E-state index contributed by atoms with van der Waals surface area (Å²) in [4.78, 5) is 58.6. The number of aliphatic carboxylic acids is 2. The molecule has 10 nitrogen and oxygen atoms in total. The predicted molar refractivity (Wildman–Crippen MR) is 165 cm³/mol. The van der Waals surface area contributed by atoms with Crippen molar-refractivity contribution in [1.82, 2.24) is 15.3 Å². The number of aromatic amines is 2. The van der Waals surface area contributed by atoms with Crippen LogP contribution in [0.2, 0.25) is 0 Å². The lowest BCUT2D eigenvalue weighted by atomic mass is 10.00. The summed E-state index contributed by atoms with van der Waals surface area (Å²) in [5, 5.41) is 23.1. The maximum atomic E-state index is 12.3. The maximum absolute atomic E-state index is 12.3. The lowest BCUT2D eigenvalue weighted by molar-refractivity contribution is -0.138. The van der Waals surface area contributed by atoms with Gasteiger partial charge < -0.3 is 25.5 Å². The second-order valence-electron chi connectivity index (χ2n) is 10.7. The van der Waals surface area contributed by atoms with Crippen LogP contribution in [-0.2, 0) is 32.0 Å². The highest BCUT2D eigenvalue weighted by molar-refractivity contribution is 6.31. The first kappa shape index (κ1) is 31.0. The molecular formula is C33H36N4O6. The van der Waals surface area contributed by atoms with E-state index in [2.05, 4.69) is 26.9 Å². The molecule has 43 heavy (non-hydrogen) atoms. The molecular weight excluding hydrogens is 548 g/mol. The van der Waals surface area contributed by atoms with Gasteiger partial charge in [-0.25, -0.2) is 4.99 Å². The number of carboxylic acid groups (broad SMARTS) is 2. The summed E-state index contributed by atoms with van der Waals surface area (Å²) >= 11 is 0. The molecule has 1 fully saturated rings. The van der Waals surface area contributed by atoms with Crippen LogP contribution in [0.15, 0.2) is 46.1 Å². The number of carboxylic acids is 2. The van der Waals surface area contributed by atoms with Gasteiger partial charge >= 0.3 is 11.9 Å². The van der Waals surface area contributed by atoms with Crippen LogP contribution in [0.1, 0.15) is 67.3 Å². The van der Waals surface area contributed by atoms with E-state index in [0.717, 1.165) is 33.5 Å². The van der Waals surface area contributed by atoms with Gasteiger partial charge in [0.15, 0.2) is 0 Å². The van der Waals surface area contributed by atoms with Gasteiger partial charge in [0.05, 0.1) is 11.6 Å². The van der Waals surface area contributed by atoms with Crippen LogP contribution in [0.3, 0.4) is 0 Å². The summed E-state index contributed by atoms with van der Waals surface area (Å²) in [7, 11) is 0. The number of nitrogens with one attached hydrogen (secondary N) is 3. The molecule has 0 bridgehead atoms. The zero-order valence-corrected chi connectivity index (χ0v) is 25.0. The Morgan fingerprint density at radius 2 is 1.56 bits per heavy atom. The van der Waals surface area contributed by atoms with E-state index in [9.17, 15) is 29.4 Å². The number of H-pyrrole nitrogens is 2. The Balaban J connectivity index is 1.91. The van der Waals surface area contributed by atoms with Crippen LogP contribution in [0.5, 0.6) is 0 Å². The number of hydrogen-bond acceptors (Lipinski definition) is 4. The van der Waals surface area contributed by atoms with Gasteiger partial charge in [0.1, 0.15) is 0 Å². The van der Waals surface area contributed by atoms with Gasteiger partial charge in [0, 0.05) is 46.2 Å². The number of rotatable bonds is 10. The topological polar surface area (TPSA) is 165 Å². The van der Waals surface area contributed by atoms with Gasteiger partial charge in [0.25, 0.3) is 5.91 Å². The molecule has 0 aliphatic carbocycles. The average Bonchev–Trinajstić information content (AvgIpc) is 3.59. The van der Waals surface area contributed by atoms with Crippen molar-refractivity contribution in [3.8, 4) is 0 Å². The highest BCUT2D eigenvalue weighted by Gasteiger charge is 2.29. The van der Waals surface area contributed by atoms with E-state index in [4.69, 9.17) is 0 Å². The van der Waals surface area contributed by atoms with E-state index >= 15 is 0 Å². The summed E-state index contributed by atoms with van der Waals surface area (Å²) in [6, 6.07) is 0. The highest BCUT2D eigenvalue weighted by Crippen LogP contribution is 2.29. The number of aromatic nitrogens is 2. The summed E-state index contributed by atoms with van der Waals surface area (Å²) in [6.45, 7) is 13.0. The molecule has 2 aliphatic rings. The SMILES string of the molecule is C=CC1=C(C)C(C=c2[nH]/c(=C\c3[nH]c(/C=C4\NC(=O)[C@H](C)C4=CC)c(C)c3CCC(=O)O)c(CCC(=O)O)c2C)=NC1=O. The molecule has 0 saturated carbocycles. The Hall–Kier alpha value is -4.99. The summed E-state index contributed by atoms with van der Waals surface area (Å²) in [5.74, 6) is -2.59. The van der Waals surface area contributed by atoms with E-state index in [-0.39, 0.29) is 43.4 Å². The molecule has 2 aliphatic heterocycles. The third-order valence-corrected chi connectivity index (χ3v) is 8.12. The van der Waals surface area contributed by atoms with Gasteiger partial charge in [-0.1, -0.05) is 18.7 Å². The van der Waals surface area contributed by atoms with E-state index in [0.29, 0.717) is 38.9 Å². The number of hydrogen-bond donors (Lipinski definition) is 5. The monoisotopic (exact) mass is 584 g/mol. The van der Waals surface area contributed by atoms with Crippen molar-refractivity contribution in [2.45, 2.75) is 60.3 Å². The highest BCUT2D eigenvalue weighted by atomic mass is 16.4. The molecule has 1 atom stereocenters. The van der Waals surface area contributed by atoms with E-state index in [1.54, 1.807) is 13.0 Å². The Kier molecular flexibility index (Phi) is 8.99. The molecule has 4 heterocycles. The van der Waals surface area contributed by atoms with Crippen molar-refractivity contribution in [1.29, 1.82) is 0 Å². The average molecular weight is 585 g/mol. The largest absolute Gasteiger partial charge is 0.481 e. The summed E-state index contributed by atoms with van der Waals surface area (Å²) in [5.41, 5.74) is 7.87. The normalized spacial score (nSPS) is 19.7. The Bertz CT molecular complexity index is 1810. The second-order valence-corrected chi connectivity index (χ2v) is 10.7. The molecule has 0 unspecified atom stereocenters. The van der Waals surface area contributed by atoms with Crippen LogP contribution < -0.4 is 16.0 Å². The number of aliphatic imine (C=N–C) groups is 1. The summed E-state index contributed by atoms with van der Waals surface area (Å²) < 4.78 is 0. The molecule has 0 spiro atoms. The third-order valence-electron chi connectivity index (χ3n) is 8.12. The molecule has 2 aromatic heterocycles. The summed E-state index contributed by atoms with van der Waals surface area (Å²) in [6.07, 6.45) is 9.23. The van der Waals surface area contributed by atoms with Gasteiger partial charge in [0.2, 0.25) is 5.91 Å². The lowest BCUT2D eigenvalue weighted by Crippen LogP contribution is -2.16. The number of amides is 2. The molecule has 2 amide bonds. The van der Waals surface area contributed by atoms with Crippen LogP contribution in [0.4, 0.5) is 0 Å². The van der Waals surface area contributed by atoms with Gasteiger partial charge in [-0.2, -0.15) is 0 Å². The van der Waals surface area contributed by atoms with E-state index in [1.807, 2.05) is 45.9 Å². The van der Waals surface area contributed by atoms with Crippen LogP contribution in [0, 0.1) is 19.8 Å². The van der Waals surface area contributed by atoms with Crippen molar-refractivity contribution in [2.24, 2.45) is 10.9 Å². The minimum atomic E-state index is -0.934. The fraction of sp³-hybridized carbons (Fsp3) is 0.303. The first-order valence-electron chi connectivity index (χ1n) is 14.1. The number of carbonyl (C=O) groups is 4. The van der Waals surface area contributed by atoms with Crippen molar-refractivity contribution in [3.05, 3.63) is 85.5 Å². The van der Waals surface area contributed by atoms with Gasteiger partial charge in [-0.05, 0) is 99.1 Å². The fourth-order valence-corrected chi connectivity index (χ4v) is 5.57. The quantitative estimate of drug-likeness (QED) is 0.288. The number of nitrogens with zero attached hydrogens (tertiary/aromatic N) is 1. The smallest absolute Gasteiger partial charge is 0.303 e. The van der Waals surface area contributed by atoms with Crippen LogP contribution in [-0.4, -0.2) is 49.6 Å². The number of allylic oxidation sites excluding steroid dienone is 3. The first-order valence-corrected chi connectivity index (χ1v) is 14.1. The van der Waals surface area contributed by atoms with Crippen molar-refractivity contribution < 1.29 is 29.4 Å². The minimum Gasteiger partial charge on any atom is -0.481 e. The number of carbonyl (C=O) groups excluding carboxylic acids is 2. The Labute approximate surface area is 249 Å². The molecule has 0 aromatic carbocycles. The molecule has 4 rings (SSSR count). The van der Waals surface area contributed by atoms with E-state index in [1.165, 1.54) is 6.08 Å². The zero-order valence-electron chi connectivity index (χ0n) is 25.0. The predicted octanol–water partition coefficient (Wildman–Crippen LogP) is 3.14. The zero-order chi connectivity index (χ0) is 31.6. The maximum Gasteiger partial charge on any atom is 0.303 e. The first-order chi connectivity index (χ1) is 20.4.